The molecule has 3 rings (SSSR count). The smallest absolute Gasteiger partial charge is 0.374 e. The molecule has 2 aromatic rings. The molecule has 1 fully saturated rings. The molecule has 8 heteroatoms. The highest BCUT2D eigenvalue weighted by atomic mass is 19.1. The van der Waals surface area contributed by atoms with Gasteiger partial charge in [-0.15, -0.1) is 0 Å². The molecule has 1 aliphatic rings. The maximum atomic E-state index is 13.7. The van der Waals surface area contributed by atoms with E-state index in [0.29, 0.717) is 43.8 Å². The maximum Gasteiger partial charge on any atom is 0.374 e. The molecule has 1 saturated heterocycles. The van der Waals surface area contributed by atoms with Crippen molar-refractivity contribution in [1.29, 1.82) is 0 Å². The van der Waals surface area contributed by atoms with Crippen LogP contribution < -0.4 is 0 Å². The third-order valence-corrected chi connectivity index (χ3v) is 4.23. The Labute approximate surface area is 135 Å². The minimum Gasteiger partial charge on any atom is -0.475 e. The Balaban J connectivity index is 1.62. The number of benzene rings is 1. The first-order valence-corrected chi connectivity index (χ1v) is 7.49. The summed E-state index contributed by atoms with van der Waals surface area (Å²) in [6.07, 6.45) is 1.33. The molecule has 1 N–H and O–H groups in total. The second-order valence-corrected chi connectivity index (χ2v) is 5.82. The molecular formula is C16H15F3N2O3. The van der Waals surface area contributed by atoms with Crippen LogP contribution in [0.4, 0.5) is 13.2 Å². The van der Waals surface area contributed by atoms with Gasteiger partial charge >= 0.3 is 5.97 Å². The molecule has 128 valence electrons. The fraction of sp³-hybridized carbons (Fsp3) is 0.375. The first kappa shape index (κ1) is 16.5. The van der Waals surface area contributed by atoms with E-state index in [1.807, 2.05) is 4.90 Å². The molecule has 0 radical (unpaired) electrons. The van der Waals surface area contributed by atoms with E-state index in [1.165, 1.54) is 6.07 Å². The van der Waals surface area contributed by atoms with Crippen LogP contribution in [-0.4, -0.2) is 34.2 Å². The molecule has 0 aliphatic carbocycles. The van der Waals surface area contributed by atoms with E-state index in [2.05, 4.69) is 5.16 Å². The van der Waals surface area contributed by atoms with Crippen molar-refractivity contribution in [2.75, 3.05) is 13.1 Å². The van der Waals surface area contributed by atoms with E-state index in [9.17, 15) is 18.0 Å². The van der Waals surface area contributed by atoms with E-state index >= 15 is 0 Å². The quantitative estimate of drug-likeness (QED) is 0.926. The van der Waals surface area contributed by atoms with Gasteiger partial charge in [-0.2, -0.15) is 0 Å². The lowest BCUT2D eigenvalue weighted by Gasteiger charge is -2.31. The molecular weight excluding hydrogens is 325 g/mol. The van der Waals surface area contributed by atoms with Gasteiger partial charge in [0.15, 0.2) is 0 Å². The number of carboxylic acids is 1. The molecule has 24 heavy (non-hydrogen) atoms. The average molecular weight is 340 g/mol. The van der Waals surface area contributed by atoms with Crippen molar-refractivity contribution in [2.45, 2.75) is 25.3 Å². The summed E-state index contributed by atoms with van der Waals surface area (Å²) in [4.78, 5) is 12.7. The highest BCUT2D eigenvalue weighted by Crippen LogP contribution is 2.29. The summed E-state index contributed by atoms with van der Waals surface area (Å²) >= 11 is 0. The molecule has 1 aliphatic heterocycles. The van der Waals surface area contributed by atoms with Crippen LogP contribution in [-0.2, 0) is 6.54 Å². The van der Waals surface area contributed by atoms with Crippen LogP contribution in [0.15, 0.2) is 22.7 Å². The number of nitrogens with zero attached hydrogens (tertiary/aromatic N) is 2. The van der Waals surface area contributed by atoms with Crippen molar-refractivity contribution in [3.63, 3.8) is 0 Å². The van der Waals surface area contributed by atoms with Gasteiger partial charge in [0.05, 0.1) is 5.69 Å². The Morgan fingerprint density at radius 2 is 1.83 bits per heavy atom. The number of piperidine rings is 1. The Hall–Kier alpha value is -2.35. The summed E-state index contributed by atoms with van der Waals surface area (Å²) < 4.78 is 45.1. The number of hydrogen-bond donors (Lipinski definition) is 1. The van der Waals surface area contributed by atoms with Crippen LogP contribution in [0, 0.1) is 17.5 Å². The van der Waals surface area contributed by atoms with Crippen molar-refractivity contribution < 1.29 is 27.6 Å². The van der Waals surface area contributed by atoms with Crippen LogP contribution in [0.1, 0.15) is 40.6 Å². The van der Waals surface area contributed by atoms with Gasteiger partial charge in [0.2, 0.25) is 5.76 Å². The zero-order valence-corrected chi connectivity index (χ0v) is 12.6. The van der Waals surface area contributed by atoms with E-state index in [4.69, 9.17) is 9.63 Å². The standard InChI is InChI=1S/C16H15F3N2O3/c17-10-5-12(18)11(13(19)6-10)8-21-3-1-9(2-4-21)14-7-15(16(22)23)24-20-14/h5-7,9H,1-4,8H2,(H,22,23). The summed E-state index contributed by atoms with van der Waals surface area (Å²) in [5, 5.41) is 12.6. The number of aromatic nitrogens is 1. The van der Waals surface area contributed by atoms with Gasteiger partial charge in [-0.1, -0.05) is 5.16 Å². The number of aromatic carboxylic acids is 1. The van der Waals surface area contributed by atoms with Crippen molar-refractivity contribution in [3.05, 3.63) is 52.7 Å². The fourth-order valence-corrected chi connectivity index (χ4v) is 2.92. The topological polar surface area (TPSA) is 66.6 Å². The lowest BCUT2D eigenvalue weighted by molar-refractivity contribution is 0.0651. The lowest BCUT2D eigenvalue weighted by Crippen LogP contribution is -2.33. The Morgan fingerprint density at radius 1 is 1.21 bits per heavy atom. The van der Waals surface area contributed by atoms with E-state index in [1.54, 1.807) is 0 Å². The first-order chi connectivity index (χ1) is 11.4. The molecule has 1 aromatic heterocycles. The van der Waals surface area contributed by atoms with Gasteiger partial charge in [-0.3, -0.25) is 4.90 Å². The molecule has 5 nitrogen and oxygen atoms in total. The predicted molar refractivity (Wildman–Crippen MR) is 77.0 cm³/mol. The number of carboxylic acid groups (broad SMARTS) is 1. The second kappa shape index (κ2) is 6.64. The monoisotopic (exact) mass is 340 g/mol. The Morgan fingerprint density at radius 3 is 2.38 bits per heavy atom. The van der Waals surface area contributed by atoms with Crippen molar-refractivity contribution in [3.8, 4) is 0 Å². The lowest BCUT2D eigenvalue weighted by atomic mass is 9.93. The highest BCUT2D eigenvalue weighted by molar-refractivity contribution is 5.84. The van der Waals surface area contributed by atoms with Gasteiger partial charge in [-0.05, 0) is 25.9 Å². The summed E-state index contributed by atoms with van der Waals surface area (Å²) in [7, 11) is 0. The van der Waals surface area contributed by atoms with Gasteiger partial charge in [0.25, 0.3) is 0 Å². The van der Waals surface area contributed by atoms with Crippen LogP contribution in [0.25, 0.3) is 0 Å². The molecule has 0 bridgehead atoms. The Bertz CT molecular complexity index is 732. The molecule has 0 saturated carbocycles. The van der Waals surface area contributed by atoms with Gasteiger partial charge < -0.3 is 9.63 Å². The van der Waals surface area contributed by atoms with Gasteiger partial charge in [0.1, 0.15) is 17.5 Å². The normalized spacial score (nSPS) is 16.5. The number of likely N-dealkylation sites (tertiary alicyclic amines) is 1. The SMILES string of the molecule is O=C(O)c1cc(C2CCN(Cc3c(F)cc(F)cc3F)CC2)no1. The summed E-state index contributed by atoms with van der Waals surface area (Å²) in [5.41, 5.74) is 0.427. The fourth-order valence-electron chi connectivity index (χ4n) is 2.92. The molecule has 2 heterocycles. The Kier molecular flexibility index (Phi) is 4.57. The number of halogens is 3. The zero-order valence-electron chi connectivity index (χ0n) is 12.6. The van der Waals surface area contributed by atoms with Crippen molar-refractivity contribution >= 4 is 5.97 Å². The number of hydrogen-bond acceptors (Lipinski definition) is 4. The van der Waals surface area contributed by atoms with Crippen LogP contribution in [0.2, 0.25) is 0 Å². The minimum atomic E-state index is -1.17. The maximum absolute atomic E-state index is 13.7. The number of rotatable bonds is 4. The first-order valence-electron chi connectivity index (χ1n) is 7.49. The molecule has 0 atom stereocenters. The average Bonchev–Trinajstić information content (AvgIpc) is 3.01. The summed E-state index contributed by atoms with van der Waals surface area (Å²) in [6, 6.07) is 2.75. The van der Waals surface area contributed by atoms with Crippen molar-refractivity contribution in [1.82, 2.24) is 10.1 Å². The zero-order chi connectivity index (χ0) is 17.3. The largest absolute Gasteiger partial charge is 0.475 e. The highest BCUT2D eigenvalue weighted by Gasteiger charge is 2.25. The van der Waals surface area contributed by atoms with Gasteiger partial charge in [0, 0.05) is 36.2 Å². The third kappa shape index (κ3) is 3.43. The van der Waals surface area contributed by atoms with Crippen LogP contribution in [0.3, 0.4) is 0 Å². The van der Waals surface area contributed by atoms with Crippen LogP contribution in [0.5, 0.6) is 0 Å². The molecule has 0 amide bonds. The molecule has 0 spiro atoms. The minimum absolute atomic E-state index is 0.0426. The van der Waals surface area contributed by atoms with E-state index in [-0.39, 0.29) is 23.8 Å². The predicted octanol–water partition coefficient (Wildman–Crippen LogP) is 3.17. The molecule has 0 unspecified atom stereocenters. The van der Waals surface area contributed by atoms with E-state index in [0.717, 1.165) is 0 Å². The number of carbonyl (C=O) groups is 1. The van der Waals surface area contributed by atoms with E-state index < -0.39 is 23.4 Å². The van der Waals surface area contributed by atoms with Crippen molar-refractivity contribution in [2.24, 2.45) is 0 Å². The third-order valence-electron chi connectivity index (χ3n) is 4.23. The second-order valence-electron chi connectivity index (χ2n) is 5.82. The van der Waals surface area contributed by atoms with Crippen LogP contribution >= 0.6 is 0 Å². The molecule has 1 aromatic carbocycles. The summed E-state index contributed by atoms with van der Waals surface area (Å²) in [6.45, 7) is 1.19. The summed E-state index contributed by atoms with van der Waals surface area (Å²) in [5.74, 6) is -4.06. The van der Waals surface area contributed by atoms with Gasteiger partial charge in [-0.25, -0.2) is 18.0 Å².